The maximum Gasteiger partial charge on any atom is 0.171 e. The number of rotatable bonds is 1. The van der Waals surface area contributed by atoms with Crippen molar-refractivity contribution in [3.63, 3.8) is 0 Å². The first-order chi connectivity index (χ1) is 8.24. The molecule has 0 aliphatic heterocycles. The second kappa shape index (κ2) is 3.89. The summed E-state index contributed by atoms with van der Waals surface area (Å²) < 4.78 is 6.21. The fourth-order valence-electron chi connectivity index (χ4n) is 1.74. The summed E-state index contributed by atoms with van der Waals surface area (Å²) in [4.78, 5) is 0. The number of phenols is 1. The van der Waals surface area contributed by atoms with Gasteiger partial charge in [-0.25, -0.2) is 0 Å². The molecule has 84 valence electrons. The van der Waals surface area contributed by atoms with E-state index in [4.69, 9.17) is 4.52 Å². The molecule has 0 amide bonds. The molecular weight excluding hydrogens is 282 g/mol. The van der Waals surface area contributed by atoms with Gasteiger partial charge in [-0.05, 0) is 24.3 Å². The Hall–Kier alpha value is -1.81. The van der Waals surface area contributed by atoms with E-state index in [-0.39, 0.29) is 5.75 Å². The van der Waals surface area contributed by atoms with Crippen LogP contribution in [0.1, 0.15) is 0 Å². The van der Waals surface area contributed by atoms with Crippen molar-refractivity contribution in [1.29, 1.82) is 0 Å². The molecule has 1 heterocycles. The number of halogens is 1. The molecule has 17 heavy (non-hydrogen) atoms. The molecule has 0 bridgehead atoms. The number of aromatic nitrogens is 1. The molecular formula is C13H8BrNO2. The Kier molecular flexibility index (Phi) is 2.37. The summed E-state index contributed by atoms with van der Waals surface area (Å²) in [5.74, 6) is 0.177. The Balaban J connectivity index is 2.21. The molecule has 0 radical (unpaired) electrons. The second-order valence-electron chi connectivity index (χ2n) is 3.72. The smallest absolute Gasteiger partial charge is 0.171 e. The lowest BCUT2D eigenvalue weighted by Crippen LogP contribution is -1.77. The standard InChI is InChI=1S/C13H8BrNO2/c14-9-3-1-8(2-4-9)13-11-6-5-10(16)7-12(11)17-15-13/h1-7,16H. The molecule has 0 spiro atoms. The fraction of sp³-hybridized carbons (Fsp3) is 0. The Morgan fingerprint density at radius 2 is 1.82 bits per heavy atom. The van der Waals surface area contributed by atoms with E-state index < -0.39 is 0 Å². The number of hydrogen-bond acceptors (Lipinski definition) is 3. The molecule has 3 nitrogen and oxygen atoms in total. The van der Waals surface area contributed by atoms with Gasteiger partial charge in [-0.1, -0.05) is 33.2 Å². The summed E-state index contributed by atoms with van der Waals surface area (Å²) >= 11 is 3.39. The van der Waals surface area contributed by atoms with Crippen LogP contribution in [-0.2, 0) is 0 Å². The highest BCUT2D eigenvalue weighted by Crippen LogP contribution is 2.30. The zero-order valence-electron chi connectivity index (χ0n) is 8.72. The van der Waals surface area contributed by atoms with Crippen LogP contribution in [0.15, 0.2) is 51.5 Å². The number of fused-ring (bicyclic) bond motifs is 1. The van der Waals surface area contributed by atoms with Crippen molar-refractivity contribution >= 4 is 26.9 Å². The highest BCUT2D eigenvalue weighted by atomic mass is 79.9. The van der Waals surface area contributed by atoms with Crippen LogP contribution in [0.5, 0.6) is 5.75 Å². The van der Waals surface area contributed by atoms with E-state index in [1.165, 1.54) is 0 Å². The van der Waals surface area contributed by atoms with Crippen LogP contribution < -0.4 is 0 Å². The van der Waals surface area contributed by atoms with Crippen LogP contribution in [0, 0.1) is 0 Å². The van der Waals surface area contributed by atoms with Gasteiger partial charge in [0.2, 0.25) is 0 Å². The summed E-state index contributed by atoms with van der Waals surface area (Å²) in [5.41, 5.74) is 2.35. The van der Waals surface area contributed by atoms with Crippen molar-refractivity contribution < 1.29 is 9.63 Å². The van der Waals surface area contributed by atoms with Gasteiger partial charge in [-0.15, -0.1) is 0 Å². The lowest BCUT2D eigenvalue weighted by atomic mass is 10.1. The third-order valence-corrected chi connectivity index (χ3v) is 3.10. The number of aromatic hydroxyl groups is 1. The minimum Gasteiger partial charge on any atom is -0.508 e. The number of hydrogen-bond donors (Lipinski definition) is 1. The first kappa shape index (κ1) is 10.4. The third-order valence-electron chi connectivity index (χ3n) is 2.57. The third kappa shape index (κ3) is 1.80. The van der Waals surface area contributed by atoms with Crippen molar-refractivity contribution in [2.45, 2.75) is 0 Å². The summed E-state index contributed by atoms with van der Waals surface area (Å²) in [6, 6.07) is 12.8. The lowest BCUT2D eigenvalue weighted by Gasteiger charge is -1.97. The van der Waals surface area contributed by atoms with Crippen molar-refractivity contribution in [1.82, 2.24) is 5.16 Å². The van der Waals surface area contributed by atoms with Gasteiger partial charge in [0.25, 0.3) is 0 Å². The van der Waals surface area contributed by atoms with E-state index in [2.05, 4.69) is 21.1 Å². The first-order valence-electron chi connectivity index (χ1n) is 5.08. The van der Waals surface area contributed by atoms with E-state index in [9.17, 15) is 5.11 Å². The maximum absolute atomic E-state index is 9.35. The normalized spacial score (nSPS) is 10.9. The predicted octanol–water partition coefficient (Wildman–Crippen LogP) is 3.96. The lowest BCUT2D eigenvalue weighted by molar-refractivity contribution is 0.451. The number of nitrogens with zero attached hydrogens (tertiary/aromatic N) is 1. The van der Waals surface area contributed by atoms with E-state index in [1.807, 2.05) is 24.3 Å². The Labute approximate surface area is 106 Å². The Morgan fingerprint density at radius 1 is 1.06 bits per heavy atom. The van der Waals surface area contributed by atoms with Crippen LogP contribution in [0.25, 0.3) is 22.2 Å². The highest BCUT2D eigenvalue weighted by Gasteiger charge is 2.10. The van der Waals surface area contributed by atoms with Crippen LogP contribution >= 0.6 is 15.9 Å². The summed E-state index contributed by atoms with van der Waals surface area (Å²) in [7, 11) is 0. The molecule has 0 fully saturated rings. The van der Waals surface area contributed by atoms with Crippen molar-refractivity contribution in [3.05, 3.63) is 46.9 Å². The van der Waals surface area contributed by atoms with Crippen LogP contribution in [0.2, 0.25) is 0 Å². The highest BCUT2D eigenvalue weighted by molar-refractivity contribution is 9.10. The molecule has 4 heteroatoms. The van der Waals surface area contributed by atoms with Gasteiger partial charge >= 0.3 is 0 Å². The van der Waals surface area contributed by atoms with Gasteiger partial charge in [0, 0.05) is 21.5 Å². The molecule has 2 aromatic carbocycles. The molecule has 3 aromatic rings. The largest absolute Gasteiger partial charge is 0.508 e. The zero-order valence-corrected chi connectivity index (χ0v) is 10.3. The summed E-state index contributed by atoms with van der Waals surface area (Å²) in [6.45, 7) is 0. The van der Waals surface area contributed by atoms with E-state index in [1.54, 1.807) is 18.2 Å². The van der Waals surface area contributed by atoms with Crippen molar-refractivity contribution in [2.24, 2.45) is 0 Å². The zero-order chi connectivity index (χ0) is 11.8. The van der Waals surface area contributed by atoms with Crippen LogP contribution in [-0.4, -0.2) is 10.3 Å². The van der Waals surface area contributed by atoms with Gasteiger partial charge in [0.15, 0.2) is 5.58 Å². The van der Waals surface area contributed by atoms with Gasteiger partial charge in [-0.2, -0.15) is 0 Å². The average molecular weight is 290 g/mol. The molecule has 0 aliphatic carbocycles. The maximum atomic E-state index is 9.35. The topological polar surface area (TPSA) is 46.3 Å². The van der Waals surface area contributed by atoms with Gasteiger partial charge in [-0.3, -0.25) is 0 Å². The molecule has 0 atom stereocenters. The van der Waals surface area contributed by atoms with Crippen molar-refractivity contribution in [2.75, 3.05) is 0 Å². The molecule has 0 saturated heterocycles. The van der Waals surface area contributed by atoms with E-state index in [0.29, 0.717) is 5.58 Å². The Morgan fingerprint density at radius 3 is 2.59 bits per heavy atom. The predicted molar refractivity (Wildman–Crippen MR) is 68.8 cm³/mol. The summed E-state index contributed by atoms with van der Waals surface area (Å²) in [6.07, 6.45) is 0. The first-order valence-corrected chi connectivity index (χ1v) is 5.88. The molecule has 0 aliphatic rings. The minimum atomic E-state index is 0.177. The average Bonchev–Trinajstić information content (AvgIpc) is 2.73. The minimum absolute atomic E-state index is 0.177. The molecule has 0 saturated carbocycles. The Bertz CT molecular complexity index is 673. The van der Waals surface area contributed by atoms with Gasteiger partial charge in [0.1, 0.15) is 11.4 Å². The molecule has 0 unspecified atom stereocenters. The summed E-state index contributed by atoms with van der Waals surface area (Å²) in [5, 5.41) is 14.3. The van der Waals surface area contributed by atoms with Crippen LogP contribution in [0.3, 0.4) is 0 Å². The van der Waals surface area contributed by atoms with E-state index in [0.717, 1.165) is 21.1 Å². The SMILES string of the molecule is Oc1ccc2c(-c3ccc(Br)cc3)noc2c1. The quantitative estimate of drug-likeness (QED) is 0.737. The fourth-order valence-corrected chi connectivity index (χ4v) is 2.01. The number of phenolic OH excluding ortho intramolecular Hbond substituents is 1. The second-order valence-corrected chi connectivity index (χ2v) is 4.63. The van der Waals surface area contributed by atoms with Crippen LogP contribution in [0.4, 0.5) is 0 Å². The van der Waals surface area contributed by atoms with Gasteiger partial charge < -0.3 is 9.63 Å². The molecule has 1 N–H and O–H groups in total. The monoisotopic (exact) mass is 289 g/mol. The molecule has 1 aromatic heterocycles. The van der Waals surface area contributed by atoms with Gasteiger partial charge in [0.05, 0.1) is 0 Å². The molecule has 3 rings (SSSR count). The van der Waals surface area contributed by atoms with E-state index >= 15 is 0 Å². The van der Waals surface area contributed by atoms with Crippen molar-refractivity contribution in [3.8, 4) is 17.0 Å². The number of benzene rings is 2.